The van der Waals surface area contributed by atoms with Crippen molar-refractivity contribution in [3.8, 4) is 0 Å². The molecule has 1 aromatic rings. The van der Waals surface area contributed by atoms with E-state index < -0.39 is 0 Å². The van der Waals surface area contributed by atoms with Gasteiger partial charge < -0.3 is 10.6 Å². The number of carbonyl (C=O) groups excluding carboxylic acids is 1. The fourth-order valence-electron chi connectivity index (χ4n) is 1.27. The summed E-state index contributed by atoms with van der Waals surface area (Å²) >= 11 is 1.62. The summed E-state index contributed by atoms with van der Waals surface area (Å²) in [5.74, 6) is -0.0208. The number of aryl methyl sites for hydroxylation is 1. The fraction of sp³-hybridized carbons (Fsp3) is 0.600. The van der Waals surface area contributed by atoms with Crippen LogP contribution < -0.4 is 5.73 Å². The van der Waals surface area contributed by atoms with Crippen molar-refractivity contribution >= 4 is 42.1 Å². The Balaban J connectivity index is 0. The van der Waals surface area contributed by atoms with Crippen molar-refractivity contribution in [2.45, 2.75) is 20.4 Å². The van der Waals surface area contributed by atoms with Crippen LogP contribution in [0.4, 0.5) is 0 Å². The van der Waals surface area contributed by atoms with Crippen LogP contribution in [-0.4, -0.2) is 29.4 Å². The van der Waals surface area contributed by atoms with E-state index in [9.17, 15) is 4.79 Å². The maximum atomic E-state index is 11.7. The van der Waals surface area contributed by atoms with E-state index in [1.54, 1.807) is 23.3 Å². The zero-order valence-electron chi connectivity index (χ0n) is 10.2. The highest BCUT2D eigenvalue weighted by atomic mass is 35.5. The molecule has 1 rings (SSSR count). The van der Waals surface area contributed by atoms with Crippen LogP contribution in [0.2, 0.25) is 0 Å². The molecule has 0 aliphatic carbocycles. The maximum absolute atomic E-state index is 11.7. The van der Waals surface area contributed by atoms with E-state index in [1.165, 1.54) is 0 Å². The minimum Gasteiger partial charge on any atom is -0.340 e. The molecule has 0 aromatic carbocycles. The predicted molar refractivity (Wildman–Crippen MR) is 76.0 cm³/mol. The smallest absolute Gasteiger partial charge is 0.226 e. The van der Waals surface area contributed by atoms with Gasteiger partial charge in [0.05, 0.1) is 11.6 Å². The topological polar surface area (TPSA) is 59.2 Å². The molecule has 1 amide bonds. The molecule has 0 saturated carbocycles. The minimum atomic E-state index is -0.107. The normalized spacial score (nSPS) is 11.1. The van der Waals surface area contributed by atoms with E-state index in [1.807, 2.05) is 20.0 Å². The van der Waals surface area contributed by atoms with Crippen LogP contribution in [0.5, 0.6) is 0 Å². The molecular weight excluding hydrogens is 281 g/mol. The van der Waals surface area contributed by atoms with Crippen LogP contribution in [0.25, 0.3) is 0 Å². The van der Waals surface area contributed by atoms with Gasteiger partial charge in [-0.3, -0.25) is 4.79 Å². The minimum absolute atomic E-state index is 0. The molecule has 0 saturated heterocycles. The van der Waals surface area contributed by atoms with E-state index in [-0.39, 0.29) is 36.6 Å². The molecule has 0 aliphatic rings. The van der Waals surface area contributed by atoms with Gasteiger partial charge in [0, 0.05) is 30.6 Å². The molecule has 100 valence electrons. The van der Waals surface area contributed by atoms with E-state index in [2.05, 4.69) is 4.98 Å². The zero-order chi connectivity index (χ0) is 11.4. The van der Waals surface area contributed by atoms with Gasteiger partial charge in [0.15, 0.2) is 0 Å². The van der Waals surface area contributed by atoms with Gasteiger partial charge in [-0.05, 0) is 6.92 Å². The predicted octanol–water partition coefficient (Wildman–Crippen LogP) is 1.85. The summed E-state index contributed by atoms with van der Waals surface area (Å²) in [4.78, 5) is 18.7. The number of nitrogens with zero attached hydrogens (tertiary/aromatic N) is 2. The molecule has 17 heavy (non-hydrogen) atoms. The van der Waals surface area contributed by atoms with Gasteiger partial charge in [0.1, 0.15) is 0 Å². The number of carbonyl (C=O) groups is 1. The number of hydrogen-bond acceptors (Lipinski definition) is 4. The monoisotopic (exact) mass is 299 g/mol. The molecule has 2 N–H and O–H groups in total. The largest absolute Gasteiger partial charge is 0.340 e. The first-order valence-corrected chi connectivity index (χ1v) is 5.72. The van der Waals surface area contributed by atoms with Gasteiger partial charge in [-0.2, -0.15) is 0 Å². The Labute approximate surface area is 118 Å². The third kappa shape index (κ3) is 5.68. The Morgan fingerprint density at radius 1 is 1.59 bits per heavy atom. The van der Waals surface area contributed by atoms with E-state index in [0.717, 1.165) is 9.88 Å². The lowest BCUT2D eigenvalue weighted by Crippen LogP contribution is -2.34. The van der Waals surface area contributed by atoms with E-state index in [4.69, 9.17) is 5.73 Å². The van der Waals surface area contributed by atoms with Gasteiger partial charge >= 0.3 is 0 Å². The van der Waals surface area contributed by atoms with Crippen LogP contribution >= 0.6 is 36.2 Å². The second-order valence-corrected chi connectivity index (χ2v) is 5.00. The fourth-order valence-corrected chi connectivity index (χ4v) is 2.12. The summed E-state index contributed by atoms with van der Waals surface area (Å²) in [5, 5.41) is 1.03. The van der Waals surface area contributed by atoms with E-state index in [0.29, 0.717) is 13.1 Å². The van der Waals surface area contributed by atoms with Crippen molar-refractivity contribution < 1.29 is 4.79 Å². The molecule has 1 aromatic heterocycles. The molecule has 0 radical (unpaired) electrons. The first-order chi connectivity index (χ1) is 7.04. The van der Waals surface area contributed by atoms with Crippen LogP contribution in [0.1, 0.15) is 16.8 Å². The highest BCUT2D eigenvalue weighted by Crippen LogP contribution is 2.14. The number of nitrogens with two attached hydrogens (primary N) is 1. The first kappa shape index (κ1) is 19.0. The first-order valence-electron chi connectivity index (χ1n) is 4.91. The van der Waals surface area contributed by atoms with Crippen molar-refractivity contribution in [2.24, 2.45) is 11.7 Å². The molecule has 0 spiro atoms. The summed E-state index contributed by atoms with van der Waals surface area (Å²) in [5.41, 5.74) is 5.45. The number of aromatic nitrogens is 1. The average Bonchev–Trinajstić information content (AvgIpc) is 2.61. The molecule has 4 nitrogen and oxygen atoms in total. The van der Waals surface area contributed by atoms with Gasteiger partial charge in [-0.25, -0.2) is 4.98 Å². The number of halogens is 2. The number of hydrogen-bond donors (Lipinski definition) is 1. The van der Waals surface area contributed by atoms with Gasteiger partial charge in [-0.1, -0.05) is 6.92 Å². The van der Waals surface area contributed by atoms with Crippen LogP contribution in [0.15, 0.2) is 6.20 Å². The maximum Gasteiger partial charge on any atom is 0.226 e. The third-order valence-corrected chi connectivity index (χ3v) is 3.11. The van der Waals surface area contributed by atoms with Gasteiger partial charge in [-0.15, -0.1) is 36.2 Å². The second kappa shape index (κ2) is 8.69. The van der Waals surface area contributed by atoms with Crippen molar-refractivity contribution in [3.05, 3.63) is 16.1 Å². The Hall–Kier alpha value is -0.360. The SMILES string of the molecule is Cc1ncc(CN(C)C(=O)C(C)CN)s1.Cl.Cl. The lowest BCUT2D eigenvalue weighted by atomic mass is 10.1. The zero-order valence-corrected chi connectivity index (χ0v) is 12.6. The van der Waals surface area contributed by atoms with Gasteiger partial charge in [0.2, 0.25) is 5.91 Å². The molecule has 0 bridgehead atoms. The van der Waals surface area contributed by atoms with Crippen LogP contribution in [0.3, 0.4) is 0 Å². The standard InChI is InChI=1S/C10H17N3OS.2ClH/c1-7(4-11)10(14)13(3)6-9-5-12-8(2)15-9;;/h5,7H,4,6,11H2,1-3H3;2*1H. The molecule has 0 fully saturated rings. The van der Waals surface area contributed by atoms with Crippen LogP contribution in [0, 0.1) is 12.8 Å². The molecule has 1 atom stereocenters. The van der Waals surface area contributed by atoms with Crippen molar-refractivity contribution in [1.29, 1.82) is 0 Å². The molecule has 0 aliphatic heterocycles. The highest BCUT2D eigenvalue weighted by Gasteiger charge is 2.16. The number of thiazole rings is 1. The quantitative estimate of drug-likeness (QED) is 0.923. The Morgan fingerprint density at radius 2 is 2.18 bits per heavy atom. The summed E-state index contributed by atoms with van der Waals surface area (Å²) in [6.07, 6.45) is 1.82. The van der Waals surface area contributed by atoms with Crippen LogP contribution in [-0.2, 0) is 11.3 Å². The van der Waals surface area contributed by atoms with Crippen molar-refractivity contribution in [1.82, 2.24) is 9.88 Å². The lowest BCUT2D eigenvalue weighted by molar-refractivity contribution is -0.133. The van der Waals surface area contributed by atoms with E-state index >= 15 is 0 Å². The average molecular weight is 300 g/mol. The third-order valence-electron chi connectivity index (χ3n) is 2.21. The summed E-state index contributed by atoms with van der Waals surface area (Å²) < 4.78 is 0. The number of amides is 1. The Kier molecular flexibility index (Phi) is 9.71. The summed E-state index contributed by atoms with van der Waals surface area (Å²) in [6.45, 7) is 4.81. The molecule has 7 heteroatoms. The molecular formula is C10H19Cl2N3OS. The van der Waals surface area contributed by atoms with Gasteiger partial charge in [0.25, 0.3) is 0 Å². The Bertz CT molecular complexity index is 346. The second-order valence-electron chi connectivity index (χ2n) is 3.68. The van der Waals surface area contributed by atoms with Crippen molar-refractivity contribution in [2.75, 3.05) is 13.6 Å². The lowest BCUT2D eigenvalue weighted by Gasteiger charge is -2.19. The summed E-state index contributed by atoms with van der Waals surface area (Å²) in [7, 11) is 1.80. The molecule has 1 unspecified atom stereocenters. The summed E-state index contributed by atoms with van der Waals surface area (Å²) in [6, 6.07) is 0. The number of rotatable bonds is 4. The Morgan fingerprint density at radius 3 is 2.59 bits per heavy atom. The van der Waals surface area contributed by atoms with Crippen molar-refractivity contribution in [3.63, 3.8) is 0 Å². The molecule has 1 heterocycles. The highest BCUT2D eigenvalue weighted by molar-refractivity contribution is 7.11.